The van der Waals surface area contributed by atoms with Crippen LogP contribution in [0.3, 0.4) is 0 Å². The number of unbranched alkanes of at least 4 members (excludes halogenated alkanes) is 1. The third-order valence-corrected chi connectivity index (χ3v) is 3.13. The average molecular weight is 302 g/mol. The lowest BCUT2D eigenvalue weighted by atomic mass is 9.94. The number of rotatable bonds is 10. The maximum absolute atomic E-state index is 10.4. The Balaban J connectivity index is 2.20. The normalized spacial score (nSPS) is 12.3. The summed E-state index contributed by atoms with van der Waals surface area (Å²) in [5.74, 6) is -0.735. The predicted octanol–water partition coefficient (Wildman–Crippen LogP) is 4.55. The van der Waals surface area contributed by atoms with Crippen molar-refractivity contribution in [2.75, 3.05) is 13.2 Å². The molecule has 0 aliphatic carbocycles. The fourth-order valence-corrected chi connectivity index (χ4v) is 1.96. The largest absolute Gasteiger partial charge is 0.481 e. The Morgan fingerprint density at radius 3 is 2.64 bits per heavy atom. The van der Waals surface area contributed by atoms with Gasteiger partial charge in [0.05, 0.1) is 13.2 Å². The number of aliphatic carboxylic acids is 1. The monoisotopic (exact) mass is 302 g/mol. The fourth-order valence-electron chi connectivity index (χ4n) is 1.96. The lowest BCUT2D eigenvalue weighted by molar-refractivity contribution is -0.137. The number of benzene rings is 1. The summed E-state index contributed by atoms with van der Waals surface area (Å²) < 4.78 is 5.68. The molecule has 0 atom stereocenters. The van der Waals surface area contributed by atoms with Crippen LogP contribution in [-0.2, 0) is 9.53 Å². The SMILES string of the molecule is CC(C)(/C=C\CCCC(=O)O)COCC=Cc1ccccc1. The third-order valence-electron chi connectivity index (χ3n) is 3.13. The molecule has 0 unspecified atom stereocenters. The zero-order chi connectivity index (χ0) is 16.3. The van der Waals surface area contributed by atoms with Gasteiger partial charge in [0.1, 0.15) is 0 Å². The van der Waals surface area contributed by atoms with Crippen molar-refractivity contribution in [1.29, 1.82) is 0 Å². The van der Waals surface area contributed by atoms with Gasteiger partial charge in [0, 0.05) is 11.8 Å². The molecule has 1 rings (SSSR count). The van der Waals surface area contributed by atoms with Gasteiger partial charge in [-0.3, -0.25) is 4.79 Å². The second-order valence-electron chi connectivity index (χ2n) is 6.01. The Bertz CT molecular complexity index is 487. The Hall–Kier alpha value is -1.87. The van der Waals surface area contributed by atoms with Gasteiger partial charge in [-0.15, -0.1) is 0 Å². The molecule has 0 saturated heterocycles. The molecule has 0 bridgehead atoms. The Morgan fingerprint density at radius 2 is 1.95 bits per heavy atom. The molecule has 22 heavy (non-hydrogen) atoms. The number of hydrogen-bond donors (Lipinski definition) is 1. The second kappa shape index (κ2) is 9.96. The highest BCUT2D eigenvalue weighted by Crippen LogP contribution is 2.18. The minimum absolute atomic E-state index is 0.0379. The van der Waals surface area contributed by atoms with Crippen LogP contribution in [0.15, 0.2) is 48.6 Å². The topological polar surface area (TPSA) is 46.5 Å². The van der Waals surface area contributed by atoms with Crippen LogP contribution in [0.5, 0.6) is 0 Å². The van der Waals surface area contributed by atoms with E-state index in [1.165, 1.54) is 5.56 Å². The molecule has 0 radical (unpaired) electrons. The van der Waals surface area contributed by atoms with Crippen LogP contribution in [-0.4, -0.2) is 24.3 Å². The Morgan fingerprint density at radius 1 is 1.23 bits per heavy atom. The van der Waals surface area contributed by atoms with Crippen molar-refractivity contribution in [2.24, 2.45) is 5.41 Å². The minimum atomic E-state index is -0.735. The van der Waals surface area contributed by atoms with E-state index in [4.69, 9.17) is 9.84 Å². The van der Waals surface area contributed by atoms with Crippen molar-refractivity contribution in [3.63, 3.8) is 0 Å². The molecule has 0 spiro atoms. The zero-order valence-electron chi connectivity index (χ0n) is 13.5. The molecule has 3 heteroatoms. The summed E-state index contributed by atoms with van der Waals surface area (Å²) in [5, 5.41) is 8.57. The maximum atomic E-state index is 10.4. The summed E-state index contributed by atoms with van der Waals surface area (Å²) in [6.45, 7) is 5.45. The molecule has 120 valence electrons. The summed E-state index contributed by atoms with van der Waals surface area (Å²) in [6.07, 6.45) is 9.93. The van der Waals surface area contributed by atoms with E-state index in [1.807, 2.05) is 30.4 Å². The molecule has 3 nitrogen and oxygen atoms in total. The number of ether oxygens (including phenoxy) is 1. The van der Waals surface area contributed by atoms with E-state index in [-0.39, 0.29) is 11.8 Å². The molecule has 0 aromatic heterocycles. The standard InChI is InChI=1S/C19H26O3/c1-19(2,14-8-4-7-13-18(20)21)16-22-15-9-12-17-10-5-3-6-11-17/h3,5-6,8-12,14H,4,7,13,15-16H2,1-2H3,(H,20,21)/b12-9?,14-8-. The summed E-state index contributed by atoms with van der Waals surface area (Å²) in [4.78, 5) is 10.4. The number of carboxylic acid groups (broad SMARTS) is 1. The van der Waals surface area contributed by atoms with Crippen LogP contribution in [0.4, 0.5) is 0 Å². The first-order valence-corrected chi connectivity index (χ1v) is 7.68. The summed E-state index contributed by atoms with van der Waals surface area (Å²) >= 11 is 0. The molecule has 0 aliphatic rings. The average Bonchev–Trinajstić information content (AvgIpc) is 2.47. The highest BCUT2D eigenvalue weighted by Gasteiger charge is 2.13. The number of carboxylic acids is 1. The van der Waals surface area contributed by atoms with Gasteiger partial charge in [0.2, 0.25) is 0 Å². The van der Waals surface area contributed by atoms with Crippen LogP contribution in [0, 0.1) is 5.41 Å². The van der Waals surface area contributed by atoms with Crippen molar-refractivity contribution in [3.05, 3.63) is 54.1 Å². The molecule has 0 aliphatic heterocycles. The number of carbonyl (C=O) groups is 1. The van der Waals surface area contributed by atoms with E-state index >= 15 is 0 Å². The highest BCUT2D eigenvalue weighted by molar-refractivity contribution is 5.66. The predicted molar refractivity (Wildman–Crippen MR) is 90.7 cm³/mol. The smallest absolute Gasteiger partial charge is 0.303 e. The molecule has 0 fully saturated rings. The molecule has 1 N–H and O–H groups in total. The second-order valence-corrected chi connectivity index (χ2v) is 6.01. The third kappa shape index (κ3) is 9.14. The van der Waals surface area contributed by atoms with Crippen LogP contribution in [0.2, 0.25) is 0 Å². The van der Waals surface area contributed by atoms with Crippen molar-refractivity contribution < 1.29 is 14.6 Å². The first-order chi connectivity index (χ1) is 10.5. The van der Waals surface area contributed by atoms with E-state index in [0.29, 0.717) is 19.6 Å². The van der Waals surface area contributed by atoms with Gasteiger partial charge < -0.3 is 9.84 Å². The summed E-state index contributed by atoms with van der Waals surface area (Å²) in [6, 6.07) is 10.1. The number of hydrogen-bond acceptors (Lipinski definition) is 2. The first kappa shape index (κ1) is 18.2. The van der Waals surface area contributed by atoms with Gasteiger partial charge in [-0.1, -0.05) is 68.5 Å². The van der Waals surface area contributed by atoms with E-state index in [9.17, 15) is 4.79 Å². The van der Waals surface area contributed by atoms with Gasteiger partial charge in [0.15, 0.2) is 0 Å². The van der Waals surface area contributed by atoms with E-state index in [1.54, 1.807) is 0 Å². The molecule has 1 aromatic carbocycles. The molecular formula is C19H26O3. The lowest BCUT2D eigenvalue weighted by Gasteiger charge is -2.19. The zero-order valence-corrected chi connectivity index (χ0v) is 13.5. The van der Waals surface area contributed by atoms with Crippen LogP contribution >= 0.6 is 0 Å². The van der Waals surface area contributed by atoms with Gasteiger partial charge in [-0.2, -0.15) is 0 Å². The van der Waals surface area contributed by atoms with E-state index in [0.717, 1.165) is 6.42 Å². The quantitative estimate of drug-likeness (QED) is 0.509. The molecule has 0 saturated carbocycles. The summed E-state index contributed by atoms with van der Waals surface area (Å²) in [5.41, 5.74) is 1.13. The first-order valence-electron chi connectivity index (χ1n) is 7.68. The molecule has 0 amide bonds. The van der Waals surface area contributed by atoms with Crippen LogP contribution in [0.1, 0.15) is 38.7 Å². The van der Waals surface area contributed by atoms with E-state index in [2.05, 4.69) is 38.1 Å². The van der Waals surface area contributed by atoms with Gasteiger partial charge >= 0.3 is 5.97 Å². The minimum Gasteiger partial charge on any atom is -0.481 e. The van der Waals surface area contributed by atoms with Crippen molar-refractivity contribution in [3.8, 4) is 0 Å². The van der Waals surface area contributed by atoms with Crippen LogP contribution in [0.25, 0.3) is 6.08 Å². The van der Waals surface area contributed by atoms with Gasteiger partial charge in [-0.05, 0) is 18.4 Å². The fraction of sp³-hybridized carbons (Fsp3) is 0.421. The molecule has 1 aromatic rings. The van der Waals surface area contributed by atoms with Gasteiger partial charge in [0.25, 0.3) is 0 Å². The van der Waals surface area contributed by atoms with E-state index < -0.39 is 5.97 Å². The maximum Gasteiger partial charge on any atom is 0.303 e. The van der Waals surface area contributed by atoms with Crippen molar-refractivity contribution >= 4 is 12.0 Å². The van der Waals surface area contributed by atoms with Crippen molar-refractivity contribution in [2.45, 2.75) is 33.1 Å². The van der Waals surface area contributed by atoms with Crippen LogP contribution < -0.4 is 0 Å². The summed E-state index contributed by atoms with van der Waals surface area (Å²) in [7, 11) is 0. The highest BCUT2D eigenvalue weighted by atomic mass is 16.5. The Kier molecular flexibility index (Phi) is 8.23. The Labute approximate surface area is 133 Å². The van der Waals surface area contributed by atoms with Gasteiger partial charge in [-0.25, -0.2) is 0 Å². The number of allylic oxidation sites excluding steroid dienone is 1. The lowest BCUT2D eigenvalue weighted by Crippen LogP contribution is -2.16. The molecular weight excluding hydrogens is 276 g/mol. The molecule has 0 heterocycles. The van der Waals surface area contributed by atoms with Crippen molar-refractivity contribution in [1.82, 2.24) is 0 Å².